The monoisotopic (exact) mass is 235 g/mol. The predicted molar refractivity (Wildman–Crippen MR) is 60.8 cm³/mol. The van der Waals surface area contributed by atoms with Crippen LogP contribution in [0.25, 0.3) is 0 Å². The van der Waals surface area contributed by atoms with Gasteiger partial charge in [-0.3, -0.25) is 4.98 Å². The molecule has 2 heterocycles. The summed E-state index contributed by atoms with van der Waals surface area (Å²) in [6.45, 7) is 3.74. The fourth-order valence-electron chi connectivity index (χ4n) is 1.19. The fraction of sp³-hybridized carbons (Fsp3) is 0.182. The molecule has 0 N–H and O–H groups in total. The molecular weight excluding hydrogens is 226 g/mol. The van der Waals surface area contributed by atoms with Crippen LogP contribution >= 0.6 is 11.6 Å². The zero-order valence-electron chi connectivity index (χ0n) is 8.94. The third kappa shape index (κ3) is 2.67. The molecule has 0 aliphatic rings. The van der Waals surface area contributed by atoms with Crippen molar-refractivity contribution < 1.29 is 4.74 Å². The summed E-state index contributed by atoms with van der Waals surface area (Å²) in [6.07, 6.45) is 1.64. The molecule has 2 rings (SSSR count). The fourth-order valence-corrected chi connectivity index (χ4v) is 1.41. The Morgan fingerprint density at radius 3 is 2.56 bits per heavy atom. The molecule has 82 valence electrons. The molecule has 0 aliphatic heterocycles. The van der Waals surface area contributed by atoms with E-state index in [1.807, 2.05) is 26.0 Å². The molecule has 0 saturated carbocycles. The summed E-state index contributed by atoms with van der Waals surface area (Å²) in [5.41, 5.74) is 1.69. The Labute approximate surface area is 98.3 Å². The van der Waals surface area contributed by atoms with Crippen LogP contribution < -0.4 is 4.74 Å². The molecule has 0 atom stereocenters. The maximum atomic E-state index is 5.72. The first-order valence-corrected chi connectivity index (χ1v) is 5.13. The van der Waals surface area contributed by atoms with Gasteiger partial charge in [-0.15, -0.1) is 0 Å². The van der Waals surface area contributed by atoms with Gasteiger partial charge in [0.25, 0.3) is 0 Å². The minimum absolute atomic E-state index is 0.176. The number of aryl methyl sites for hydroxylation is 2. The van der Waals surface area contributed by atoms with Crippen molar-refractivity contribution in [3.63, 3.8) is 0 Å². The van der Waals surface area contributed by atoms with E-state index >= 15 is 0 Å². The first-order valence-electron chi connectivity index (χ1n) is 4.75. The molecule has 5 heteroatoms. The van der Waals surface area contributed by atoms with E-state index < -0.39 is 0 Å². The molecule has 0 bridgehead atoms. The largest absolute Gasteiger partial charge is 0.437 e. The highest BCUT2D eigenvalue weighted by molar-refractivity contribution is 6.28. The van der Waals surface area contributed by atoms with Crippen molar-refractivity contribution >= 4 is 11.6 Å². The molecule has 2 aromatic heterocycles. The second-order valence-corrected chi connectivity index (χ2v) is 3.69. The van der Waals surface area contributed by atoms with Crippen LogP contribution in [0.1, 0.15) is 11.4 Å². The van der Waals surface area contributed by atoms with Crippen molar-refractivity contribution in [2.45, 2.75) is 13.8 Å². The zero-order valence-corrected chi connectivity index (χ0v) is 9.69. The Morgan fingerprint density at radius 2 is 1.94 bits per heavy atom. The highest BCUT2D eigenvalue weighted by Crippen LogP contribution is 2.20. The summed E-state index contributed by atoms with van der Waals surface area (Å²) in [4.78, 5) is 12.0. The smallest absolute Gasteiger partial charge is 0.225 e. The highest BCUT2D eigenvalue weighted by Gasteiger charge is 2.02. The number of hydrogen-bond acceptors (Lipinski definition) is 4. The van der Waals surface area contributed by atoms with E-state index in [0.29, 0.717) is 11.6 Å². The standard InChI is InChI=1S/C11H10ClN3O/c1-7-3-4-9(6-13-7)16-10-5-8(2)14-11(12)15-10/h3-6H,1-2H3. The number of halogens is 1. The Morgan fingerprint density at radius 1 is 1.12 bits per heavy atom. The number of ether oxygens (including phenoxy) is 1. The Bertz CT molecular complexity index is 479. The van der Waals surface area contributed by atoms with Crippen LogP contribution in [0.3, 0.4) is 0 Å². The van der Waals surface area contributed by atoms with Crippen LogP contribution in [-0.4, -0.2) is 15.0 Å². The Kier molecular flexibility index (Phi) is 3.01. The summed E-state index contributed by atoms with van der Waals surface area (Å²) in [7, 11) is 0. The second-order valence-electron chi connectivity index (χ2n) is 3.35. The third-order valence-corrected chi connectivity index (χ3v) is 2.08. The van der Waals surface area contributed by atoms with Gasteiger partial charge in [0.05, 0.1) is 6.20 Å². The number of aromatic nitrogens is 3. The van der Waals surface area contributed by atoms with E-state index in [2.05, 4.69) is 15.0 Å². The quantitative estimate of drug-likeness (QED) is 0.751. The number of hydrogen-bond donors (Lipinski definition) is 0. The molecule has 16 heavy (non-hydrogen) atoms. The second kappa shape index (κ2) is 4.45. The van der Waals surface area contributed by atoms with E-state index in [4.69, 9.17) is 16.3 Å². The predicted octanol–water partition coefficient (Wildman–Crippen LogP) is 2.93. The molecule has 0 aliphatic carbocycles. The van der Waals surface area contributed by atoms with Crippen LogP contribution in [0, 0.1) is 13.8 Å². The summed E-state index contributed by atoms with van der Waals surface area (Å²) in [5.74, 6) is 1.04. The molecular formula is C11H10ClN3O. The zero-order chi connectivity index (χ0) is 11.5. The van der Waals surface area contributed by atoms with Crippen LogP contribution in [-0.2, 0) is 0 Å². The van der Waals surface area contributed by atoms with E-state index in [1.54, 1.807) is 12.3 Å². The molecule has 0 spiro atoms. The van der Waals surface area contributed by atoms with Gasteiger partial charge in [0.2, 0.25) is 11.2 Å². The lowest BCUT2D eigenvalue weighted by Crippen LogP contribution is -1.93. The van der Waals surface area contributed by atoms with Crippen LogP contribution in [0.4, 0.5) is 0 Å². The van der Waals surface area contributed by atoms with Gasteiger partial charge in [-0.05, 0) is 37.6 Å². The van der Waals surface area contributed by atoms with E-state index in [1.165, 1.54) is 0 Å². The SMILES string of the molecule is Cc1ccc(Oc2cc(C)nc(Cl)n2)cn1. The number of rotatable bonds is 2. The van der Waals surface area contributed by atoms with Gasteiger partial charge in [-0.1, -0.05) is 0 Å². The summed E-state index contributed by atoms with van der Waals surface area (Å²) in [5, 5.41) is 0.176. The van der Waals surface area contributed by atoms with Crippen molar-refractivity contribution in [3.8, 4) is 11.6 Å². The van der Waals surface area contributed by atoms with E-state index in [9.17, 15) is 0 Å². The maximum Gasteiger partial charge on any atom is 0.225 e. The first kappa shape index (κ1) is 10.8. The van der Waals surface area contributed by atoms with Crippen LogP contribution in [0.5, 0.6) is 11.6 Å². The average molecular weight is 236 g/mol. The summed E-state index contributed by atoms with van der Waals surface area (Å²) < 4.78 is 5.50. The van der Waals surface area contributed by atoms with E-state index in [0.717, 1.165) is 11.4 Å². The molecule has 0 aromatic carbocycles. The van der Waals surface area contributed by atoms with Crippen molar-refractivity contribution in [3.05, 3.63) is 41.1 Å². The van der Waals surface area contributed by atoms with Gasteiger partial charge >= 0.3 is 0 Å². The number of pyridine rings is 1. The molecule has 4 nitrogen and oxygen atoms in total. The molecule has 2 aromatic rings. The van der Waals surface area contributed by atoms with Gasteiger partial charge in [0.1, 0.15) is 5.75 Å². The molecule has 0 unspecified atom stereocenters. The van der Waals surface area contributed by atoms with Gasteiger partial charge < -0.3 is 4.74 Å². The van der Waals surface area contributed by atoms with Crippen LogP contribution in [0.15, 0.2) is 24.4 Å². The first-order chi connectivity index (χ1) is 7.63. The van der Waals surface area contributed by atoms with E-state index in [-0.39, 0.29) is 5.28 Å². The summed E-state index contributed by atoms with van der Waals surface area (Å²) in [6, 6.07) is 5.41. The Hall–Kier alpha value is -1.68. The lowest BCUT2D eigenvalue weighted by atomic mass is 10.4. The summed E-state index contributed by atoms with van der Waals surface area (Å²) >= 11 is 5.72. The minimum Gasteiger partial charge on any atom is -0.437 e. The molecule has 0 saturated heterocycles. The molecule has 0 fully saturated rings. The number of nitrogens with zero attached hydrogens (tertiary/aromatic N) is 3. The topological polar surface area (TPSA) is 47.9 Å². The van der Waals surface area contributed by atoms with Gasteiger partial charge in [0, 0.05) is 17.5 Å². The van der Waals surface area contributed by atoms with Crippen LogP contribution in [0.2, 0.25) is 5.28 Å². The van der Waals surface area contributed by atoms with Gasteiger partial charge in [-0.25, -0.2) is 4.98 Å². The maximum absolute atomic E-state index is 5.72. The highest BCUT2D eigenvalue weighted by atomic mass is 35.5. The van der Waals surface area contributed by atoms with Crippen molar-refractivity contribution in [2.24, 2.45) is 0 Å². The lowest BCUT2D eigenvalue weighted by Gasteiger charge is -2.05. The lowest BCUT2D eigenvalue weighted by molar-refractivity contribution is 0.458. The Balaban J connectivity index is 2.23. The van der Waals surface area contributed by atoms with Gasteiger partial charge in [0.15, 0.2) is 0 Å². The molecule has 0 amide bonds. The normalized spacial score (nSPS) is 10.2. The van der Waals surface area contributed by atoms with Crippen molar-refractivity contribution in [1.29, 1.82) is 0 Å². The third-order valence-electron chi connectivity index (χ3n) is 1.91. The van der Waals surface area contributed by atoms with Crippen molar-refractivity contribution in [2.75, 3.05) is 0 Å². The molecule has 0 radical (unpaired) electrons. The minimum atomic E-state index is 0.176. The van der Waals surface area contributed by atoms with Crippen molar-refractivity contribution in [1.82, 2.24) is 15.0 Å². The van der Waals surface area contributed by atoms with Gasteiger partial charge in [-0.2, -0.15) is 4.98 Å². The average Bonchev–Trinajstić information content (AvgIpc) is 2.20.